The maximum absolute atomic E-state index is 2.23. The van der Waals surface area contributed by atoms with E-state index < -0.39 is 0 Å². The van der Waals surface area contributed by atoms with Crippen molar-refractivity contribution in [3.05, 3.63) is 35.9 Å². The normalized spacial score (nSPS) is 8.82. The fourth-order valence-corrected chi connectivity index (χ4v) is 1.03. The second-order valence-electron chi connectivity index (χ2n) is 2.59. The van der Waals surface area contributed by atoms with E-state index in [1.807, 2.05) is 0 Å². The number of benzene rings is 1. The van der Waals surface area contributed by atoms with Crippen molar-refractivity contribution >= 4 is 18.0 Å². The summed E-state index contributed by atoms with van der Waals surface area (Å²) in [6.45, 7) is 2.23. The molecule has 62 valence electrons. The number of unbranched alkanes of at least 4 members (excludes halogenated alkanes) is 1. The van der Waals surface area contributed by atoms with E-state index >= 15 is 0 Å². The average molecular weight is 212 g/mol. The molecule has 0 spiro atoms. The molecule has 0 fully saturated rings. The molecule has 0 saturated carbocycles. The fourth-order valence-electron chi connectivity index (χ4n) is 1.03. The van der Waals surface area contributed by atoms with Crippen LogP contribution in [0.2, 0.25) is 0 Å². The molecular formula is C10H17As. The molecule has 0 nitrogen and oxygen atoms in total. The molecule has 1 atom stereocenters. The van der Waals surface area contributed by atoms with Crippen LogP contribution in [0.4, 0.5) is 0 Å². The monoisotopic (exact) mass is 212 g/mol. The first-order valence-electron chi connectivity index (χ1n) is 3.97. The molecule has 1 rings (SSSR count). The maximum atomic E-state index is 2.23. The summed E-state index contributed by atoms with van der Waals surface area (Å²) in [6.07, 6.45) is 3.83. The average Bonchev–Trinajstić information content (AvgIpc) is 2.03. The van der Waals surface area contributed by atoms with Crippen molar-refractivity contribution < 1.29 is 0 Å². The van der Waals surface area contributed by atoms with Gasteiger partial charge in [0.05, 0.1) is 0 Å². The van der Waals surface area contributed by atoms with Crippen LogP contribution in [0, 0.1) is 0 Å². The standard InChI is InChI=1S/C10H14.AsH3/c1-2-3-7-10-8-5-4-6-9-10;/h4-6,8-9H,2-3,7H2,1H3;1H3. The second kappa shape index (κ2) is 6.49. The molecule has 0 bridgehead atoms. The summed E-state index contributed by atoms with van der Waals surface area (Å²) in [4.78, 5) is 0. The Morgan fingerprint density at radius 1 is 1.09 bits per heavy atom. The molecular weight excluding hydrogens is 195 g/mol. The zero-order valence-corrected chi connectivity index (χ0v) is 10.2. The van der Waals surface area contributed by atoms with Crippen LogP contribution < -0.4 is 0 Å². The molecule has 0 aliphatic carbocycles. The van der Waals surface area contributed by atoms with Gasteiger partial charge in [0, 0.05) is 0 Å². The van der Waals surface area contributed by atoms with Crippen LogP contribution in [-0.4, -0.2) is 18.0 Å². The van der Waals surface area contributed by atoms with Gasteiger partial charge in [-0.2, -0.15) is 0 Å². The Hall–Kier alpha value is -0.222. The number of rotatable bonds is 3. The van der Waals surface area contributed by atoms with Gasteiger partial charge in [-0.1, -0.05) is 43.7 Å². The number of aryl methyl sites for hydroxylation is 1. The molecule has 0 saturated heterocycles. The predicted octanol–water partition coefficient (Wildman–Crippen LogP) is 1.85. The molecule has 0 heterocycles. The summed E-state index contributed by atoms with van der Waals surface area (Å²) in [7, 11) is 0. The van der Waals surface area contributed by atoms with E-state index in [-0.39, 0.29) is 18.0 Å². The van der Waals surface area contributed by atoms with Crippen molar-refractivity contribution in [1.82, 2.24) is 0 Å². The Bertz CT molecular complexity index is 169. The Labute approximate surface area is 80.3 Å². The SMILES string of the molecule is CCCCc1ccccc1.[AsH3]. The molecule has 0 N–H and O–H groups in total. The Kier molecular flexibility index (Phi) is 6.36. The second-order valence-corrected chi connectivity index (χ2v) is 2.59. The van der Waals surface area contributed by atoms with Crippen LogP contribution in [0.15, 0.2) is 30.3 Å². The Morgan fingerprint density at radius 2 is 1.73 bits per heavy atom. The molecule has 0 aliphatic rings. The van der Waals surface area contributed by atoms with Gasteiger partial charge in [0.25, 0.3) is 0 Å². The van der Waals surface area contributed by atoms with Crippen molar-refractivity contribution in [2.75, 3.05) is 0 Å². The third-order valence-corrected chi connectivity index (χ3v) is 1.66. The van der Waals surface area contributed by atoms with Crippen LogP contribution in [0.5, 0.6) is 0 Å². The van der Waals surface area contributed by atoms with Crippen molar-refractivity contribution in [3.8, 4) is 0 Å². The van der Waals surface area contributed by atoms with Crippen LogP contribution in [-0.2, 0) is 6.42 Å². The summed E-state index contributed by atoms with van der Waals surface area (Å²) in [5, 5.41) is 0. The summed E-state index contributed by atoms with van der Waals surface area (Å²) in [5.74, 6) is 0. The van der Waals surface area contributed by atoms with Gasteiger partial charge in [-0.15, -0.1) is 0 Å². The molecule has 1 aromatic rings. The quantitative estimate of drug-likeness (QED) is 0.671. The van der Waals surface area contributed by atoms with E-state index in [1.54, 1.807) is 0 Å². The molecule has 1 unspecified atom stereocenters. The molecule has 0 aliphatic heterocycles. The van der Waals surface area contributed by atoms with Gasteiger partial charge in [-0.05, 0) is 18.4 Å². The van der Waals surface area contributed by atoms with Crippen LogP contribution in [0.1, 0.15) is 25.3 Å². The minimum atomic E-state index is 0. The van der Waals surface area contributed by atoms with Crippen LogP contribution >= 0.6 is 0 Å². The molecule has 0 amide bonds. The van der Waals surface area contributed by atoms with Crippen molar-refractivity contribution in [3.63, 3.8) is 0 Å². The summed E-state index contributed by atoms with van der Waals surface area (Å²) in [6, 6.07) is 10.6. The molecule has 0 radical (unpaired) electrons. The van der Waals surface area contributed by atoms with Crippen molar-refractivity contribution in [1.29, 1.82) is 0 Å². The third-order valence-electron chi connectivity index (χ3n) is 1.66. The number of hydrogen-bond donors (Lipinski definition) is 0. The van der Waals surface area contributed by atoms with Gasteiger partial charge < -0.3 is 0 Å². The van der Waals surface area contributed by atoms with Gasteiger partial charge in [-0.3, -0.25) is 0 Å². The Morgan fingerprint density at radius 3 is 2.27 bits per heavy atom. The summed E-state index contributed by atoms with van der Waals surface area (Å²) in [5.41, 5.74) is 1.46. The van der Waals surface area contributed by atoms with Crippen LogP contribution in [0.25, 0.3) is 0 Å². The van der Waals surface area contributed by atoms with E-state index in [9.17, 15) is 0 Å². The van der Waals surface area contributed by atoms with E-state index in [1.165, 1.54) is 24.8 Å². The van der Waals surface area contributed by atoms with Crippen molar-refractivity contribution in [2.24, 2.45) is 0 Å². The fraction of sp³-hybridized carbons (Fsp3) is 0.400. The first-order chi connectivity index (χ1) is 4.93. The topological polar surface area (TPSA) is 0 Å². The zero-order valence-electron chi connectivity index (χ0n) is 7.22. The van der Waals surface area contributed by atoms with Crippen molar-refractivity contribution in [2.45, 2.75) is 26.2 Å². The van der Waals surface area contributed by atoms with E-state index in [0.717, 1.165) is 0 Å². The zero-order chi connectivity index (χ0) is 7.23. The van der Waals surface area contributed by atoms with Gasteiger partial charge in [0.2, 0.25) is 0 Å². The summed E-state index contributed by atoms with van der Waals surface area (Å²) < 4.78 is 0. The van der Waals surface area contributed by atoms with Crippen LogP contribution in [0.3, 0.4) is 0 Å². The van der Waals surface area contributed by atoms with E-state index in [2.05, 4.69) is 37.3 Å². The van der Waals surface area contributed by atoms with E-state index in [4.69, 9.17) is 0 Å². The van der Waals surface area contributed by atoms with Gasteiger partial charge in [-0.25, -0.2) is 0 Å². The molecule has 11 heavy (non-hydrogen) atoms. The van der Waals surface area contributed by atoms with Gasteiger partial charge in [0.15, 0.2) is 0 Å². The van der Waals surface area contributed by atoms with E-state index in [0.29, 0.717) is 0 Å². The molecule has 1 aromatic carbocycles. The molecule has 0 aromatic heterocycles. The summed E-state index contributed by atoms with van der Waals surface area (Å²) >= 11 is 0. The Balaban J connectivity index is 0.000001000. The first-order valence-corrected chi connectivity index (χ1v) is 3.97. The minimum absolute atomic E-state index is 0. The first kappa shape index (κ1) is 10.8. The predicted molar refractivity (Wildman–Crippen MR) is 55.0 cm³/mol. The van der Waals surface area contributed by atoms with Gasteiger partial charge >= 0.3 is 18.0 Å². The third kappa shape index (κ3) is 4.26. The van der Waals surface area contributed by atoms with Gasteiger partial charge in [0.1, 0.15) is 0 Å². The molecule has 1 heteroatoms. The number of hydrogen-bond acceptors (Lipinski definition) is 0.